The van der Waals surface area contributed by atoms with Crippen LogP contribution in [0.1, 0.15) is 35.9 Å². The van der Waals surface area contributed by atoms with Crippen LogP contribution in [0, 0.1) is 6.92 Å². The smallest absolute Gasteiger partial charge is 0.312 e. The van der Waals surface area contributed by atoms with Crippen molar-refractivity contribution >= 4 is 11.7 Å². The Balaban J connectivity index is 1.33. The minimum atomic E-state index is -0.344. The Hall–Kier alpha value is -4.39. The number of oxazole rings is 1. The number of carbonyl (C=O) groups excluding carboxylic acids is 1. The third-order valence-electron chi connectivity index (χ3n) is 5.34. The van der Waals surface area contributed by atoms with Gasteiger partial charge in [-0.15, -0.1) is 0 Å². The van der Waals surface area contributed by atoms with Gasteiger partial charge in [-0.3, -0.25) is 4.79 Å². The van der Waals surface area contributed by atoms with Crippen LogP contribution >= 0.6 is 0 Å². The van der Waals surface area contributed by atoms with Gasteiger partial charge in [0.25, 0.3) is 0 Å². The van der Waals surface area contributed by atoms with Crippen molar-refractivity contribution in [2.24, 2.45) is 5.16 Å². The maximum absolute atomic E-state index is 12.0. The summed E-state index contributed by atoms with van der Waals surface area (Å²) in [6.07, 6.45) is 0.0398. The topological polar surface area (TPSA) is 83.2 Å². The van der Waals surface area contributed by atoms with Crippen molar-refractivity contribution in [2.45, 2.75) is 33.5 Å². The number of hydrogen-bond donors (Lipinski definition) is 0. The molecule has 0 aliphatic rings. The quantitative estimate of drug-likeness (QED) is 0.145. The summed E-state index contributed by atoms with van der Waals surface area (Å²) in [5, 5.41) is 4.21. The number of aromatic nitrogens is 1. The van der Waals surface area contributed by atoms with Crippen molar-refractivity contribution in [3.05, 3.63) is 108 Å². The molecule has 1 aromatic heterocycles. The molecule has 0 saturated heterocycles. The molecule has 0 amide bonds. The molecule has 0 saturated carbocycles. The average Bonchev–Trinajstić information content (AvgIpc) is 3.29. The summed E-state index contributed by atoms with van der Waals surface area (Å²) in [6, 6.07) is 26.8. The van der Waals surface area contributed by atoms with E-state index in [2.05, 4.69) is 10.1 Å². The Bertz CT molecular complexity index is 1280. The summed E-state index contributed by atoms with van der Waals surface area (Å²) in [7, 11) is 0. The maximum Gasteiger partial charge on any atom is 0.312 e. The maximum atomic E-state index is 12.0. The highest BCUT2D eigenvalue weighted by atomic mass is 16.6. The first-order chi connectivity index (χ1) is 17.6. The largest absolute Gasteiger partial charge is 0.487 e. The molecular formula is C29H28N2O5. The lowest BCUT2D eigenvalue weighted by Gasteiger charge is -2.08. The molecule has 0 radical (unpaired) electrons. The van der Waals surface area contributed by atoms with E-state index in [4.69, 9.17) is 18.7 Å². The van der Waals surface area contributed by atoms with E-state index in [1.165, 1.54) is 0 Å². The monoisotopic (exact) mass is 484 g/mol. The molecule has 0 aliphatic heterocycles. The second-order valence-electron chi connectivity index (χ2n) is 7.98. The lowest BCUT2D eigenvalue weighted by molar-refractivity contribution is -0.141. The fraction of sp³-hybridized carbons (Fsp3) is 0.207. The van der Waals surface area contributed by atoms with E-state index < -0.39 is 0 Å². The normalized spacial score (nSPS) is 11.2. The van der Waals surface area contributed by atoms with Crippen molar-refractivity contribution < 1.29 is 23.5 Å². The van der Waals surface area contributed by atoms with Crippen LogP contribution < -0.4 is 4.74 Å². The number of aryl methyl sites for hydroxylation is 1. The number of rotatable bonds is 11. The number of esters is 1. The number of benzene rings is 3. The standard InChI is InChI=1S/C29H28N2O5/c1-3-33-28(32)18-26(23-10-6-4-7-11-23)31-35-19-22-14-16-25(17-15-22)34-20-27-21(2)36-29(30-27)24-12-8-5-9-13-24/h4-17H,3,18-20H2,1-2H3. The van der Waals surface area contributed by atoms with Crippen LogP contribution in [0.3, 0.4) is 0 Å². The highest BCUT2D eigenvalue weighted by molar-refractivity contribution is 6.09. The van der Waals surface area contributed by atoms with E-state index in [1.54, 1.807) is 6.92 Å². The molecule has 7 nitrogen and oxygen atoms in total. The Kier molecular flexibility index (Phi) is 8.48. The Morgan fingerprint density at radius 3 is 2.31 bits per heavy atom. The molecule has 184 valence electrons. The summed E-state index contributed by atoms with van der Waals surface area (Å²) in [5.74, 6) is 1.67. The molecule has 0 N–H and O–H groups in total. The van der Waals surface area contributed by atoms with Crippen molar-refractivity contribution in [1.29, 1.82) is 0 Å². The van der Waals surface area contributed by atoms with Crippen LogP contribution in [0.25, 0.3) is 11.5 Å². The Morgan fingerprint density at radius 2 is 1.61 bits per heavy atom. The number of oxime groups is 1. The van der Waals surface area contributed by atoms with Gasteiger partial charge < -0.3 is 18.7 Å². The van der Waals surface area contributed by atoms with Gasteiger partial charge in [-0.2, -0.15) is 0 Å². The summed E-state index contributed by atoms with van der Waals surface area (Å²) >= 11 is 0. The fourth-order valence-electron chi connectivity index (χ4n) is 3.45. The van der Waals surface area contributed by atoms with E-state index in [0.717, 1.165) is 28.1 Å². The molecule has 3 aromatic carbocycles. The van der Waals surface area contributed by atoms with Gasteiger partial charge >= 0.3 is 5.97 Å². The second kappa shape index (κ2) is 12.4. The van der Waals surface area contributed by atoms with Gasteiger partial charge in [0.1, 0.15) is 30.4 Å². The van der Waals surface area contributed by atoms with E-state index in [9.17, 15) is 4.79 Å². The number of nitrogens with zero attached hydrogens (tertiary/aromatic N) is 2. The summed E-state index contributed by atoms with van der Waals surface area (Å²) in [4.78, 5) is 22.1. The number of ether oxygens (including phenoxy) is 2. The van der Waals surface area contributed by atoms with Gasteiger partial charge in [0, 0.05) is 5.56 Å². The van der Waals surface area contributed by atoms with Crippen LogP contribution in [0.5, 0.6) is 5.75 Å². The highest BCUT2D eigenvalue weighted by Crippen LogP contribution is 2.23. The van der Waals surface area contributed by atoms with Gasteiger partial charge in [-0.05, 0) is 49.2 Å². The van der Waals surface area contributed by atoms with Gasteiger partial charge in [-0.25, -0.2) is 4.98 Å². The number of carbonyl (C=O) groups is 1. The zero-order valence-corrected chi connectivity index (χ0v) is 20.3. The molecule has 36 heavy (non-hydrogen) atoms. The fourth-order valence-corrected chi connectivity index (χ4v) is 3.45. The lowest BCUT2D eigenvalue weighted by atomic mass is 10.1. The molecular weight excluding hydrogens is 456 g/mol. The summed E-state index contributed by atoms with van der Waals surface area (Å²) in [5.41, 5.74) is 3.93. The van der Waals surface area contributed by atoms with Crippen LogP contribution in [0.2, 0.25) is 0 Å². The van der Waals surface area contributed by atoms with Crippen LogP contribution in [0.15, 0.2) is 94.5 Å². The molecule has 4 aromatic rings. The van der Waals surface area contributed by atoms with Gasteiger partial charge in [0.2, 0.25) is 5.89 Å². The van der Waals surface area contributed by atoms with Gasteiger partial charge in [-0.1, -0.05) is 65.8 Å². The first-order valence-corrected chi connectivity index (χ1v) is 11.8. The highest BCUT2D eigenvalue weighted by Gasteiger charge is 2.13. The number of hydrogen-bond acceptors (Lipinski definition) is 7. The predicted octanol–water partition coefficient (Wildman–Crippen LogP) is 6.10. The molecule has 4 rings (SSSR count). The molecule has 0 fully saturated rings. The van der Waals surface area contributed by atoms with Crippen molar-refractivity contribution in [3.63, 3.8) is 0 Å². The van der Waals surface area contributed by atoms with E-state index in [0.29, 0.717) is 30.6 Å². The molecule has 0 spiro atoms. The van der Waals surface area contributed by atoms with Crippen LogP contribution in [0.4, 0.5) is 0 Å². The minimum Gasteiger partial charge on any atom is -0.487 e. The average molecular weight is 485 g/mol. The van der Waals surface area contributed by atoms with Crippen LogP contribution in [-0.4, -0.2) is 23.3 Å². The summed E-state index contributed by atoms with van der Waals surface area (Å²) < 4.78 is 16.8. The van der Waals surface area contributed by atoms with E-state index in [-0.39, 0.29) is 19.0 Å². The van der Waals surface area contributed by atoms with Crippen LogP contribution in [-0.2, 0) is 27.6 Å². The van der Waals surface area contributed by atoms with Crippen molar-refractivity contribution in [3.8, 4) is 17.2 Å². The SMILES string of the molecule is CCOC(=O)CC(=NOCc1ccc(OCc2nc(-c3ccccc3)oc2C)cc1)c1ccccc1. The first kappa shape index (κ1) is 24.7. The second-order valence-corrected chi connectivity index (χ2v) is 7.98. The predicted molar refractivity (Wildman–Crippen MR) is 136 cm³/mol. The zero-order chi connectivity index (χ0) is 25.2. The first-order valence-electron chi connectivity index (χ1n) is 11.8. The third-order valence-corrected chi connectivity index (χ3v) is 5.34. The van der Waals surface area contributed by atoms with Gasteiger partial charge in [0.15, 0.2) is 0 Å². The van der Waals surface area contributed by atoms with E-state index in [1.807, 2.05) is 91.9 Å². The molecule has 0 unspecified atom stereocenters. The minimum absolute atomic E-state index is 0.0398. The lowest BCUT2D eigenvalue weighted by Crippen LogP contribution is -2.13. The van der Waals surface area contributed by atoms with Crippen molar-refractivity contribution in [1.82, 2.24) is 4.98 Å². The Morgan fingerprint density at radius 1 is 0.917 bits per heavy atom. The molecule has 0 bridgehead atoms. The third kappa shape index (κ3) is 6.82. The zero-order valence-electron chi connectivity index (χ0n) is 20.3. The summed E-state index contributed by atoms with van der Waals surface area (Å²) in [6.45, 7) is 4.53. The molecule has 0 aliphatic carbocycles. The van der Waals surface area contributed by atoms with Crippen molar-refractivity contribution in [2.75, 3.05) is 6.61 Å². The van der Waals surface area contributed by atoms with Gasteiger partial charge in [0.05, 0.1) is 18.7 Å². The van der Waals surface area contributed by atoms with E-state index >= 15 is 0 Å². The molecule has 1 heterocycles. The Labute approximate surface area is 210 Å². The molecule has 0 atom stereocenters. The molecule has 7 heteroatoms.